The number of unbranched alkanes of at least 4 members (excludes halogenated alkanes) is 1. The van der Waals surface area contributed by atoms with Gasteiger partial charge in [0.2, 0.25) is 0 Å². The predicted octanol–water partition coefficient (Wildman–Crippen LogP) is 6.44. The summed E-state index contributed by atoms with van der Waals surface area (Å²) in [5, 5.41) is 6.41. The fraction of sp³-hybridized carbons (Fsp3) is 0.290. The van der Waals surface area contributed by atoms with Crippen molar-refractivity contribution in [2.45, 2.75) is 52.0 Å². The number of hydrogen-bond acceptors (Lipinski definition) is 4. The Morgan fingerprint density at radius 1 is 1.00 bits per heavy atom. The lowest BCUT2D eigenvalue weighted by Gasteiger charge is -2.35. The average Bonchev–Trinajstić information content (AvgIpc) is 2.87. The van der Waals surface area contributed by atoms with Gasteiger partial charge in [0.05, 0.1) is 7.11 Å². The van der Waals surface area contributed by atoms with Crippen LogP contribution in [0.25, 0.3) is 5.70 Å². The first-order chi connectivity index (χ1) is 17.3. The molecule has 36 heavy (non-hydrogen) atoms. The van der Waals surface area contributed by atoms with Crippen LogP contribution in [0.2, 0.25) is 0 Å². The lowest BCUT2D eigenvalue weighted by molar-refractivity contribution is 0.102. The Morgan fingerprint density at radius 2 is 1.69 bits per heavy atom. The van der Waals surface area contributed by atoms with Crippen LogP contribution in [-0.4, -0.2) is 24.3 Å². The molecule has 1 aliphatic heterocycles. The third kappa shape index (κ3) is 6.03. The van der Waals surface area contributed by atoms with Crippen LogP contribution in [0.5, 0.6) is 5.75 Å². The van der Waals surface area contributed by atoms with Gasteiger partial charge >= 0.3 is 0 Å². The molecule has 0 aromatic heterocycles. The van der Waals surface area contributed by atoms with Crippen LogP contribution in [0.4, 0.5) is 5.69 Å². The monoisotopic (exact) mass is 482 g/mol. The van der Waals surface area contributed by atoms with Gasteiger partial charge in [-0.05, 0) is 92.8 Å². The van der Waals surface area contributed by atoms with Gasteiger partial charge in [0.15, 0.2) is 5.78 Å². The van der Waals surface area contributed by atoms with Crippen LogP contribution in [0.15, 0.2) is 72.8 Å². The molecule has 0 fully saturated rings. The molecule has 1 heterocycles. The molecule has 1 amide bonds. The van der Waals surface area contributed by atoms with E-state index in [1.54, 1.807) is 37.5 Å². The summed E-state index contributed by atoms with van der Waals surface area (Å²) < 4.78 is 5.39. The first kappa shape index (κ1) is 25.2. The largest absolute Gasteiger partial charge is 0.497 e. The minimum absolute atomic E-state index is 0.107. The fourth-order valence-electron chi connectivity index (χ4n) is 4.49. The van der Waals surface area contributed by atoms with E-state index in [0.717, 1.165) is 42.7 Å². The van der Waals surface area contributed by atoms with Crippen molar-refractivity contribution >= 4 is 23.1 Å². The van der Waals surface area contributed by atoms with Crippen molar-refractivity contribution in [1.29, 1.82) is 0 Å². The lowest BCUT2D eigenvalue weighted by Crippen LogP contribution is -2.43. The van der Waals surface area contributed by atoms with E-state index in [1.807, 2.05) is 36.4 Å². The first-order valence-electron chi connectivity index (χ1n) is 12.5. The van der Waals surface area contributed by atoms with Crippen molar-refractivity contribution in [3.8, 4) is 5.75 Å². The van der Waals surface area contributed by atoms with E-state index in [0.29, 0.717) is 16.8 Å². The number of carbonyl (C=O) groups excluding carboxylic acids is 2. The molecule has 4 rings (SSSR count). The van der Waals surface area contributed by atoms with Gasteiger partial charge in [-0.3, -0.25) is 9.59 Å². The Labute approximate surface area is 213 Å². The number of methoxy groups -OCH3 is 1. The van der Waals surface area contributed by atoms with E-state index in [9.17, 15) is 9.59 Å². The number of ketones is 1. The number of rotatable bonds is 8. The molecular weight excluding hydrogens is 448 g/mol. The van der Waals surface area contributed by atoms with Gasteiger partial charge in [0, 0.05) is 39.7 Å². The second-order valence-electron chi connectivity index (χ2n) is 9.96. The summed E-state index contributed by atoms with van der Waals surface area (Å²) in [6, 6.07) is 20.7. The third-order valence-electron chi connectivity index (χ3n) is 6.45. The number of anilines is 1. The second kappa shape index (κ2) is 10.8. The number of amides is 1. The average molecular weight is 483 g/mol. The van der Waals surface area contributed by atoms with E-state index < -0.39 is 0 Å². The van der Waals surface area contributed by atoms with Gasteiger partial charge in [0.1, 0.15) is 5.75 Å². The SMILES string of the molecule is CCCCc1ccc(C(=O)Nc2ccc(C(=O)C=C3NC(C)(C)Cc4ccc(OC)cc43)cc2)cc1. The number of benzene rings is 3. The van der Waals surface area contributed by atoms with Crippen LogP contribution in [-0.2, 0) is 12.8 Å². The minimum atomic E-state index is -0.171. The Hall–Kier alpha value is -3.86. The summed E-state index contributed by atoms with van der Waals surface area (Å²) in [6.45, 7) is 6.41. The summed E-state index contributed by atoms with van der Waals surface area (Å²) in [5.41, 5.74) is 5.81. The van der Waals surface area contributed by atoms with Crippen LogP contribution >= 0.6 is 0 Å². The Morgan fingerprint density at radius 3 is 2.36 bits per heavy atom. The van der Waals surface area contributed by atoms with Crippen LogP contribution < -0.4 is 15.4 Å². The number of aryl methyl sites for hydroxylation is 1. The van der Waals surface area contributed by atoms with Crippen LogP contribution in [0.3, 0.4) is 0 Å². The van der Waals surface area contributed by atoms with Crippen molar-refractivity contribution in [3.05, 3.63) is 101 Å². The molecule has 0 saturated carbocycles. The van der Waals surface area contributed by atoms with Crippen molar-refractivity contribution in [3.63, 3.8) is 0 Å². The Kier molecular flexibility index (Phi) is 7.58. The molecular formula is C31H34N2O3. The minimum Gasteiger partial charge on any atom is -0.497 e. The molecule has 0 aliphatic carbocycles. The Balaban J connectivity index is 1.47. The van der Waals surface area contributed by atoms with Crippen molar-refractivity contribution < 1.29 is 14.3 Å². The van der Waals surface area contributed by atoms with E-state index in [1.165, 1.54) is 11.1 Å². The molecule has 5 heteroatoms. The predicted molar refractivity (Wildman–Crippen MR) is 146 cm³/mol. The molecule has 3 aromatic rings. The highest BCUT2D eigenvalue weighted by molar-refractivity contribution is 6.09. The summed E-state index contributed by atoms with van der Waals surface area (Å²) in [7, 11) is 1.64. The molecule has 0 atom stereocenters. The van der Waals surface area contributed by atoms with Crippen LogP contribution in [0.1, 0.15) is 71.0 Å². The van der Waals surface area contributed by atoms with Gasteiger partial charge < -0.3 is 15.4 Å². The van der Waals surface area contributed by atoms with Crippen LogP contribution in [0, 0.1) is 0 Å². The van der Waals surface area contributed by atoms with Gasteiger partial charge in [-0.25, -0.2) is 0 Å². The van der Waals surface area contributed by atoms with Gasteiger partial charge in [0.25, 0.3) is 5.91 Å². The maximum atomic E-state index is 13.1. The zero-order chi connectivity index (χ0) is 25.7. The van der Waals surface area contributed by atoms with E-state index in [2.05, 4.69) is 37.5 Å². The third-order valence-corrected chi connectivity index (χ3v) is 6.45. The number of hydrogen-bond donors (Lipinski definition) is 2. The highest BCUT2D eigenvalue weighted by Crippen LogP contribution is 2.32. The van der Waals surface area contributed by atoms with Crippen molar-refractivity contribution in [1.82, 2.24) is 5.32 Å². The number of carbonyl (C=O) groups is 2. The maximum Gasteiger partial charge on any atom is 0.255 e. The highest BCUT2D eigenvalue weighted by atomic mass is 16.5. The summed E-state index contributed by atoms with van der Waals surface area (Å²) in [4.78, 5) is 25.8. The maximum absolute atomic E-state index is 13.1. The lowest BCUT2D eigenvalue weighted by atomic mass is 9.85. The molecule has 1 aliphatic rings. The molecule has 2 N–H and O–H groups in total. The van der Waals surface area contributed by atoms with E-state index in [4.69, 9.17) is 4.74 Å². The van der Waals surface area contributed by atoms with Gasteiger partial charge in [-0.1, -0.05) is 31.5 Å². The van der Waals surface area contributed by atoms with Gasteiger partial charge in [-0.2, -0.15) is 0 Å². The zero-order valence-electron chi connectivity index (χ0n) is 21.5. The van der Waals surface area contributed by atoms with Crippen molar-refractivity contribution in [2.24, 2.45) is 0 Å². The quantitative estimate of drug-likeness (QED) is 0.286. The molecule has 3 aromatic carbocycles. The topological polar surface area (TPSA) is 67.4 Å². The normalized spacial score (nSPS) is 15.1. The molecule has 0 bridgehead atoms. The smallest absolute Gasteiger partial charge is 0.255 e. The summed E-state index contributed by atoms with van der Waals surface area (Å²) in [5.74, 6) is 0.478. The molecule has 0 spiro atoms. The molecule has 0 unspecified atom stereocenters. The zero-order valence-corrected chi connectivity index (χ0v) is 21.5. The molecule has 0 radical (unpaired) electrons. The van der Waals surface area contributed by atoms with Gasteiger partial charge in [-0.15, -0.1) is 0 Å². The molecule has 5 nitrogen and oxygen atoms in total. The van der Waals surface area contributed by atoms with E-state index in [-0.39, 0.29) is 17.2 Å². The summed E-state index contributed by atoms with van der Waals surface area (Å²) in [6.07, 6.45) is 5.81. The first-order valence-corrected chi connectivity index (χ1v) is 12.5. The number of nitrogens with one attached hydrogen (secondary N) is 2. The summed E-state index contributed by atoms with van der Waals surface area (Å²) >= 11 is 0. The van der Waals surface area contributed by atoms with E-state index >= 15 is 0 Å². The highest BCUT2D eigenvalue weighted by Gasteiger charge is 2.28. The fourth-order valence-corrected chi connectivity index (χ4v) is 4.49. The van der Waals surface area contributed by atoms with Crippen molar-refractivity contribution in [2.75, 3.05) is 12.4 Å². The number of ether oxygens (including phenoxy) is 1. The Bertz CT molecular complexity index is 1270. The number of allylic oxidation sites excluding steroid dienone is 1. The standard InChI is InChI=1S/C31H34N2O3/c1-5-6-7-21-8-10-23(11-9-21)30(35)32-25-15-12-22(13-16-25)29(34)19-28-27-18-26(36-4)17-14-24(27)20-31(2,3)33-28/h8-19,33H,5-7,20H2,1-4H3,(H,32,35). The second-order valence-corrected chi connectivity index (χ2v) is 9.96. The number of fused-ring (bicyclic) bond motifs is 1. The molecule has 186 valence electrons. The molecule has 0 saturated heterocycles.